The van der Waals surface area contributed by atoms with E-state index in [1.807, 2.05) is 6.07 Å². The maximum atomic E-state index is 5.37. The van der Waals surface area contributed by atoms with Gasteiger partial charge in [-0.2, -0.15) is 0 Å². The van der Waals surface area contributed by atoms with Crippen molar-refractivity contribution in [1.29, 1.82) is 0 Å². The Morgan fingerprint density at radius 3 is 3.06 bits per heavy atom. The molecule has 7 heteroatoms. The second-order valence-corrected chi connectivity index (χ2v) is 3.09. The highest BCUT2D eigenvalue weighted by atomic mass is 16.4. The van der Waals surface area contributed by atoms with Crippen LogP contribution >= 0.6 is 0 Å². The molecule has 84 valence electrons. The van der Waals surface area contributed by atoms with Crippen molar-refractivity contribution >= 4 is 6.01 Å². The lowest BCUT2D eigenvalue weighted by Crippen LogP contribution is -2.02. The molecule has 0 bridgehead atoms. The molecule has 0 radical (unpaired) electrons. The zero-order valence-corrected chi connectivity index (χ0v) is 8.63. The average Bonchev–Trinajstić information content (AvgIpc) is 2.76. The van der Waals surface area contributed by atoms with Crippen molar-refractivity contribution in [3.05, 3.63) is 30.2 Å². The summed E-state index contributed by atoms with van der Waals surface area (Å²) in [6.07, 6.45) is 3.75. The predicted molar refractivity (Wildman–Crippen MR) is 56.4 cm³/mol. The molecule has 16 heavy (non-hydrogen) atoms. The zero-order valence-electron chi connectivity index (χ0n) is 8.63. The topological polar surface area (TPSA) is 103 Å². The minimum absolute atomic E-state index is 0.377. The van der Waals surface area contributed by atoms with Gasteiger partial charge in [-0.05, 0) is 6.07 Å². The van der Waals surface area contributed by atoms with E-state index in [9.17, 15) is 0 Å². The summed E-state index contributed by atoms with van der Waals surface area (Å²) in [5.74, 6) is 0.535. The van der Waals surface area contributed by atoms with Gasteiger partial charge in [0.05, 0.1) is 12.2 Å². The van der Waals surface area contributed by atoms with E-state index in [-0.39, 0.29) is 0 Å². The Hall–Kier alpha value is -2.02. The molecule has 0 fully saturated rings. The predicted octanol–water partition coefficient (Wildman–Crippen LogP) is -0.0271. The van der Waals surface area contributed by atoms with Crippen LogP contribution in [-0.4, -0.2) is 26.7 Å². The van der Waals surface area contributed by atoms with Gasteiger partial charge in [0.25, 0.3) is 0 Å². The van der Waals surface area contributed by atoms with Gasteiger partial charge in [-0.25, -0.2) is 9.97 Å². The molecule has 0 saturated carbocycles. The molecule has 0 aliphatic rings. The fourth-order valence-electron chi connectivity index (χ4n) is 1.14. The van der Waals surface area contributed by atoms with Crippen molar-refractivity contribution in [3.8, 4) is 0 Å². The Balaban J connectivity index is 1.89. The summed E-state index contributed by atoms with van der Waals surface area (Å²) in [6.45, 7) is 1.01. The van der Waals surface area contributed by atoms with Gasteiger partial charge in [0.2, 0.25) is 5.89 Å². The van der Waals surface area contributed by atoms with Crippen molar-refractivity contribution in [2.24, 2.45) is 5.73 Å². The monoisotopic (exact) mass is 220 g/mol. The van der Waals surface area contributed by atoms with Gasteiger partial charge in [-0.1, -0.05) is 5.10 Å². The van der Waals surface area contributed by atoms with Gasteiger partial charge in [0.1, 0.15) is 6.33 Å². The smallest absolute Gasteiger partial charge is 0.315 e. The Morgan fingerprint density at radius 2 is 2.31 bits per heavy atom. The fraction of sp³-hybridized carbons (Fsp3) is 0.333. The maximum Gasteiger partial charge on any atom is 0.315 e. The van der Waals surface area contributed by atoms with Gasteiger partial charge in [0, 0.05) is 19.2 Å². The van der Waals surface area contributed by atoms with Crippen molar-refractivity contribution in [1.82, 2.24) is 20.2 Å². The SMILES string of the molecule is NCCc1nnc(NCc2ccncn2)o1. The lowest BCUT2D eigenvalue weighted by Gasteiger charge is -1.98. The highest BCUT2D eigenvalue weighted by Gasteiger charge is 2.04. The van der Waals surface area contributed by atoms with Crippen LogP contribution in [-0.2, 0) is 13.0 Å². The average molecular weight is 220 g/mol. The molecule has 0 saturated heterocycles. The van der Waals surface area contributed by atoms with Gasteiger partial charge >= 0.3 is 6.01 Å². The van der Waals surface area contributed by atoms with Gasteiger partial charge < -0.3 is 15.5 Å². The summed E-state index contributed by atoms with van der Waals surface area (Å²) in [4.78, 5) is 7.88. The van der Waals surface area contributed by atoms with Crippen LogP contribution in [0, 0.1) is 0 Å². The highest BCUT2D eigenvalue weighted by molar-refractivity contribution is 5.19. The number of hydrogen-bond acceptors (Lipinski definition) is 7. The first-order chi connectivity index (χ1) is 7.88. The third-order valence-corrected chi connectivity index (χ3v) is 1.89. The maximum absolute atomic E-state index is 5.37. The minimum atomic E-state index is 0.377. The molecule has 2 rings (SSSR count). The van der Waals surface area contributed by atoms with Crippen molar-refractivity contribution in [3.63, 3.8) is 0 Å². The molecule has 7 nitrogen and oxygen atoms in total. The molecule has 0 aliphatic carbocycles. The van der Waals surface area contributed by atoms with Gasteiger partial charge in [-0.3, -0.25) is 0 Å². The standard InChI is InChI=1S/C9H12N6O/c10-3-1-8-14-15-9(16-8)12-5-7-2-4-11-6-13-7/h2,4,6H,1,3,5,10H2,(H,12,15). The molecule has 0 unspecified atom stereocenters. The van der Waals surface area contributed by atoms with Crippen molar-refractivity contribution in [2.45, 2.75) is 13.0 Å². The molecular weight excluding hydrogens is 208 g/mol. The number of hydrogen-bond donors (Lipinski definition) is 2. The molecule has 0 amide bonds. The number of nitrogens with zero attached hydrogens (tertiary/aromatic N) is 4. The molecule has 2 aromatic rings. The van der Waals surface area contributed by atoms with Crippen LogP contribution in [0.4, 0.5) is 6.01 Å². The van der Waals surface area contributed by atoms with Crippen molar-refractivity contribution in [2.75, 3.05) is 11.9 Å². The lowest BCUT2D eigenvalue weighted by atomic mass is 10.4. The van der Waals surface area contributed by atoms with E-state index in [4.69, 9.17) is 10.2 Å². The van der Waals surface area contributed by atoms with Gasteiger partial charge in [0.15, 0.2) is 0 Å². The normalized spacial score (nSPS) is 10.3. The van der Waals surface area contributed by atoms with E-state index < -0.39 is 0 Å². The third-order valence-electron chi connectivity index (χ3n) is 1.89. The van der Waals surface area contributed by atoms with Gasteiger partial charge in [-0.15, -0.1) is 5.10 Å². The molecule has 2 heterocycles. The molecule has 0 aliphatic heterocycles. The van der Waals surface area contributed by atoms with Crippen LogP contribution in [0.15, 0.2) is 23.0 Å². The fourth-order valence-corrected chi connectivity index (χ4v) is 1.14. The number of anilines is 1. The van der Waals surface area contributed by atoms with Crippen LogP contribution in [0.25, 0.3) is 0 Å². The third kappa shape index (κ3) is 2.74. The molecular formula is C9H12N6O. The summed E-state index contributed by atoms with van der Waals surface area (Å²) in [7, 11) is 0. The van der Waals surface area contributed by atoms with Crippen molar-refractivity contribution < 1.29 is 4.42 Å². The molecule has 0 spiro atoms. The Labute approximate surface area is 92.1 Å². The van der Waals surface area contributed by atoms with Crippen LogP contribution in [0.5, 0.6) is 0 Å². The van der Waals surface area contributed by atoms with Crippen LogP contribution < -0.4 is 11.1 Å². The van der Waals surface area contributed by atoms with E-state index in [1.165, 1.54) is 6.33 Å². The first-order valence-electron chi connectivity index (χ1n) is 4.89. The molecule has 3 N–H and O–H groups in total. The first kappa shape index (κ1) is 10.5. The second kappa shape index (κ2) is 5.17. The van der Waals surface area contributed by atoms with Crippen LogP contribution in [0.3, 0.4) is 0 Å². The van der Waals surface area contributed by atoms with E-state index in [2.05, 4.69) is 25.5 Å². The zero-order chi connectivity index (χ0) is 11.2. The Bertz CT molecular complexity index is 429. The number of nitrogens with two attached hydrogens (primary N) is 1. The quantitative estimate of drug-likeness (QED) is 0.729. The summed E-state index contributed by atoms with van der Waals surface area (Å²) in [6, 6.07) is 2.19. The first-order valence-corrected chi connectivity index (χ1v) is 4.89. The molecule has 0 aromatic carbocycles. The number of aromatic nitrogens is 4. The molecule has 0 atom stereocenters. The van der Waals surface area contributed by atoms with E-state index in [0.717, 1.165) is 5.69 Å². The highest BCUT2D eigenvalue weighted by Crippen LogP contribution is 2.06. The summed E-state index contributed by atoms with van der Waals surface area (Å²) in [5, 5.41) is 10.6. The molecule has 2 aromatic heterocycles. The van der Waals surface area contributed by atoms with E-state index in [1.54, 1.807) is 6.20 Å². The summed E-state index contributed by atoms with van der Waals surface area (Å²) in [5.41, 5.74) is 6.22. The Morgan fingerprint density at radius 1 is 1.38 bits per heavy atom. The largest absolute Gasteiger partial charge is 0.408 e. The van der Waals surface area contributed by atoms with E-state index in [0.29, 0.717) is 31.4 Å². The van der Waals surface area contributed by atoms with Crippen LogP contribution in [0.2, 0.25) is 0 Å². The number of nitrogens with one attached hydrogen (secondary N) is 1. The minimum Gasteiger partial charge on any atom is -0.408 e. The lowest BCUT2D eigenvalue weighted by molar-refractivity contribution is 0.505. The van der Waals surface area contributed by atoms with E-state index >= 15 is 0 Å². The number of rotatable bonds is 5. The summed E-state index contributed by atoms with van der Waals surface area (Å²) < 4.78 is 5.29. The van der Waals surface area contributed by atoms with Crippen LogP contribution in [0.1, 0.15) is 11.6 Å². The second-order valence-electron chi connectivity index (χ2n) is 3.09. The summed E-state index contributed by atoms with van der Waals surface area (Å²) >= 11 is 0. The Kier molecular flexibility index (Phi) is 3.39.